The number of urea groups is 1. The minimum absolute atomic E-state index is 0.0196. The Morgan fingerprint density at radius 3 is 2.14 bits per heavy atom. The summed E-state index contributed by atoms with van der Waals surface area (Å²) in [5.74, 6) is -2.02. The molecule has 120 valence electrons. The van der Waals surface area contributed by atoms with E-state index >= 15 is 0 Å². The molecule has 0 saturated heterocycles. The van der Waals surface area contributed by atoms with Crippen molar-refractivity contribution in [3.05, 3.63) is 0 Å². The minimum Gasteiger partial charge on any atom is -0.481 e. The molecule has 4 amide bonds. The topological polar surface area (TPSA) is 125 Å². The Kier molecular flexibility index (Phi) is 7.40. The fraction of sp³-hybridized carbons (Fsp3) is 0.692. The van der Waals surface area contributed by atoms with E-state index in [1.165, 1.54) is 13.8 Å². The van der Waals surface area contributed by atoms with Crippen molar-refractivity contribution in [3.8, 4) is 0 Å². The summed E-state index contributed by atoms with van der Waals surface area (Å²) in [5.41, 5.74) is -1.25. The molecule has 0 radical (unpaired) electrons. The first kappa shape index (κ1) is 18.9. The molecule has 0 aliphatic heterocycles. The van der Waals surface area contributed by atoms with Crippen molar-refractivity contribution in [1.29, 1.82) is 0 Å². The summed E-state index contributed by atoms with van der Waals surface area (Å²) in [7, 11) is 0. The maximum atomic E-state index is 11.5. The van der Waals surface area contributed by atoms with Gasteiger partial charge in [-0.05, 0) is 27.7 Å². The molecule has 0 spiro atoms. The van der Waals surface area contributed by atoms with E-state index < -0.39 is 23.3 Å². The molecule has 21 heavy (non-hydrogen) atoms. The van der Waals surface area contributed by atoms with Gasteiger partial charge in [0.25, 0.3) is 0 Å². The smallest absolute Gasteiger partial charge is 0.321 e. The van der Waals surface area contributed by atoms with Crippen molar-refractivity contribution in [3.63, 3.8) is 0 Å². The number of hydrogen-bond acceptors (Lipinski definition) is 4. The maximum Gasteiger partial charge on any atom is 0.321 e. The van der Waals surface area contributed by atoms with Crippen molar-refractivity contribution >= 4 is 23.8 Å². The second-order valence-corrected chi connectivity index (χ2v) is 5.64. The molecule has 0 aromatic heterocycles. The van der Waals surface area contributed by atoms with Gasteiger partial charge in [0.1, 0.15) is 0 Å². The summed E-state index contributed by atoms with van der Waals surface area (Å²) in [6, 6.07) is -0.732. The van der Waals surface area contributed by atoms with E-state index in [1.54, 1.807) is 0 Å². The van der Waals surface area contributed by atoms with Crippen LogP contribution in [0.1, 0.15) is 40.5 Å². The summed E-state index contributed by atoms with van der Waals surface area (Å²) in [5, 5.41) is 15.9. The Labute approximate surface area is 123 Å². The summed E-state index contributed by atoms with van der Waals surface area (Å²) >= 11 is 0. The Balaban J connectivity index is 4.02. The first-order chi connectivity index (χ1) is 9.54. The standard InChI is InChI=1S/C13H23N3O5/c1-8(2)15-9(17)5-6-14-12(21)16-10(18)7-13(3,4)11(19)20/h8H,5-7H2,1-4H3,(H,15,17)(H,19,20)(H2,14,16,18,21). The maximum absolute atomic E-state index is 11.5. The fourth-order valence-corrected chi connectivity index (χ4v) is 1.38. The average molecular weight is 301 g/mol. The monoisotopic (exact) mass is 301 g/mol. The minimum atomic E-state index is -1.25. The first-order valence-corrected chi connectivity index (χ1v) is 6.65. The predicted octanol–water partition coefficient (Wildman–Crippen LogP) is 0.228. The van der Waals surface area contributed by atoms with Crippen molar-refractivity contribution in [1.82, 2.24) is 16.0 Å². The van der Waals surface area contributed by atoms with E-state index in [-0.39, 0.29) is 31.3 Å². The molecule has 0 fully saturated rings. The Bertz CT molecular complexity index is 418. The molecule has 0 unspecified atom stereocenters. The molecule has 0 aliphatic carbocycles. The number of carbonyl (C=O) groups is 4. The molecule has 0 heterocycles. The number of amides is 4. The van der Waals surface area contributed by atoms with Crippen LogP contribution in [-0.4, -0.2) is 41.5 Å². The number of carbonyl (C=O) groups excluding carboxylic acids is 3. The normalized spacial score (nSPS) is 10.9. The second kappa shape index (κ2) is 8.23. The lowest BCUT2D eigenvalue weighted by molar-refractivity contribution is -0.149. The van der Waals surface area contributed by atoms with Gasteiger partial charge in [0.15, 0.2) is 0 Å². The van der Waals surface area contributed by atoms with Gasteiger partial charge >= 0.3 is 12.0 Å². The van der Waals surface area contributed by atoms with Crippen LogP contribution in [0.15, 0.2) is 0 Å². The van der Waals surface area contributed by atoms with Gasteiger partial charge in [-0.15, -0.1) is 0 Å². The highest BCUT2D eigenvalue weighted by Crippen LogP contribution is 2.19. The van der Waals surface area contributed by atoms with Crippen LogP contribution in [0.25, 0.3) is 0 Å². The van der Waals surface area contributed by atoms with Gasteiger partial charge in [0, 0.05) is 25.4 Å². The summed E-state index contributed by atoms with van der Waals surface area (Å²) in [4.78, 5) is 45.0. The lowest BCUT2D eigenvalue weighted by Gasteiger charge is -2.17. The van der Waals surface area contributed by atoms with Crippen molar-refractivity contribution in [2.75, 3.05) is 6.54 Å². The highest BCUT2D eigenvalue weighted by molar-refractivity contribution is 5.96. The molecule has 0 aromatic rings. The molecule has 0 saturated carbocycles. The van der Waals surface area contributed by atoms with E-state index in [1.807, 2.05) is 19.2 Å². The van der Waals surface area contributed by atoms with Gasteiger partial charge in [-0.1, -0.05) is 0 Å². The fourth-order valence-electron chi connectivity index (χ4n) is 1.38. The number of imide groups is 1. The zero-order valence-electron chi connectivity index (χ0n) is 12.8. The third-order valence-corrected chi connectivity index (χ3v) is 2.52. The number of aliphatic carboxylic acids is 1. The number of nitrogens with one attached hydrogen (secondary N) is 3. The average Bonchev–Trinajstić information content (AvgIpc) is 2.26. The Morgan fingerprint density at radius 1 is 1.10 bits per heavy atom. The predicted molar refractivity (Wildman–Crippen MR) is 75.5 cm³/mol. The van der Waals surface area contributed by atoms with Crippen LogP contribution in [-0.2, 0) is 14.4 Å². The summed E-state index contributed by atoms with van der Waals surface area (Å²) in [6.07, 6.45) is -0.218. The van der Waals surface area contributed by atoms with Gasteiger partial charge in [-0.3, -0.25) is 19.7 Å². The van der Waals surface area contributed by atoms with Crippen molar-refractivity contribution in [2.45, 2.75) is 46.6 Å². The molecule has 8 nitrogen and oxygen atoms in total. The lowest BCUT2D eigenvalue weighted by atomic mass is 9.89. The molecule has 4 N–H and O–H groups in total. The highest BCUT2D eigenvalue weighted by atomic mass is 16.4. The van der Waals surface area contributed by atoms with E-state index in [0.29, 0.717) is 0 Å². The zero-order chi connectivity index (χ0) is 16.6. The highest BCUT2D eigenvalue weighted by Gasteiger charge is 2.30. The Morgan fingerprint density at radius 2 is 1.67 bits per heavy atom. The van der Waals surface area contributed by atoms with Gasteiger partial charge in [-0.2, -0.15) is 0 Å². The van der Waals surface area contributed by atoms with Gasteiger partial charge in [-0.25, -0.2) is 4.79 Å². The molecule has 8 heteroatoms. The molecular formula is C13H23N3O5. The van der Waals surface area contributed by atoms with Crippen LogP contribution in [0.3, 0.4) is 0 Å². The quantitative estimate of drug-likeness (QED) is 0.535. The molecular weight excluding hydrogens is 278 g/mol. The molecule has 0 atom stereocenters. The third-order valence-electron chi connectivity index (χ3n) is 2.52. The van der Waals surface area contributed by atoms with E-state index in [9.17, 15) is 19.2 Å². The van der Waals surface area contributed by atoms with Crippen LogP contribution in [0.4, 0.5) is 4.79 Å². The van der Waals surface area contributed by atoms with Crippen LogP contribution >= 0.6 is 0 Å². The van der Waals surface area contributed by atoms with Crippen molar-refractivity contribution < 1.29 is 24.3 Å². The van der Waals surface area contributed by atoms with Gasteiger partial charge in [0.2, 0.25) is 11.8 Å². The number of hydrogen-bond donors (Lipinski definition) is 4. The lowest BCUT2D eigenvalue weighted by Crippen LogP contribution is -2.43. The molecule has 0 aliphatic rings. The summed E-state index contributed by atoms with van der Waals surface area (Å²) < 4.78 is 0. The number of carboxylic acids is 1. The van der Waals surface area contributed by atoms with Crippen LogP contribution in [0.5, 0.6) is 0 Å². The van der Waals surface area contributed by atoms with E-state index in [0.717, 1.165) is 0 Å². The zero-order valence-corrected chi connectivity index (χ0v) is 12.8. The van der Waals surface area contributed by atoms with E-state index in [2.05, 4.69) is 10.6 Å². The summed E-state index contributed by atoms with van der Waals surface area (Å²) in [6.45, 7) is 6.51. The molecule has 0 bridgehead atoms. The second-order valence-electron chi connectivity index (χ2n) is 5.64. The number of carboxylic acid groups (broad SMARTS) is 1. The van der Waals surface area contributed by atoms with Gasteiger partial charge in [0.05, 0.1) is 5.41 Å². The molecule has 0 aromatic carbocycles. The van der Waals surface area contributed by atoms with E-state index in [4.69, 9.17) is 5.11 Å². The van der Waals surface area contributed by atoms with Crippen LogP contribution < -0.4 is 16.0 Å². The largest absolute Gasteiger partial charge is 0.481 e. The van der Waals surface area contributed by atoms with Crippen LogP contribution in [0.2, 0.25) is 0 Å². The first-order valence-electron chi connectivity index (χ1n) is 6.65. The Hall–Kier alpha value is -2.12. The van der Waals surface area contributed by atoms with Crippen molar-refractivity contribution in [2.24, 2.45) is 5.41 Å². The van der Waals surface area contributed by atoms with Gasteiger partial charge < -0.3 is 15.7 Å². The SMILES string of the molecule is CC(C)NC(=O)CCNC(=O)NC(=O)CC(C)(C)C(=O)O. The number of rotatable bonds is 7. The molecule has 0 rings (SSSR count). The van der Waals surface area contributed by atoms with Crippen LogP contribution in [0, 0.1) is 5.41 Å². The third kappa shape index (κ3) is 8.61.